The molecule has 5 aromatic carbocycles. The molecule has 9 rings (SSSR count). The predicted octanol–water partition coefficient (Wildman–Crippen LogP) is 6.49. The monoisotopic (exact) mass is 892 g/mol. The number of ether oxygens (including phenoxy) is 4. The van der Waals surface area contributed by atoms with Crippen molar-refractivity contribution in [1.29, 1.82) is 0 Å². The van der Waals surface area contributed by atoms with Gasteiger partial charge in [-0.1, -0.05) is 108 Å². The van der Waals surface area contributed by atoms with Crippen molar-refractivity contribution in [2.45, 2.75) is 36.1 Å². The summed E-state index contributed by atoms with van der Waals surface area (Å²) < 4.78 is 24.0. The first-order valence-corrected chi connectivity index (χ1v) is 21.9. The highest BCUT2D eigenvalue weighted by Crippen LogP contribution is 2.66. The molecule has 6 aromatic rings. The van der Waals surface area contributed by atoms with Crippen LogP contribution in [0.2, 0.25) is 0 Å². The zero-order chi connectivity index (χ0) is 45.1. The van der Waals surface area contributed by atoms with E-state index in [2.05, 4.69) is 17.2 Å². The molecule has 3 aliphatic heterocycles. The van der Waals surface area contributed by atoms with Gasteiger partial charge in [-0.15, -0.1) is 0 Å². The average Bonchev–Trinajstić information content (AvgIpc) is 3.97. The van der Waals surface area contributed by atoms with Gasteiger partial charge in [0.1, 0.15) is 36.5 Å². The summed E-state index contributed by atoms with van der Waals surface area (Å²) in [7, 11) is 1.46. The molecule has 3 N–H and O–H groups in total. The van der Waals surface area contributed by atoms with Crippen LogP contribution in [0.25, 0.3) is 10.2 Å². The lowest BCUT2D eigenvalue weighted by atomic mass is 9.65. The fourth-order valence-electron chi connectivity index (χ4n) is 9.48. The van der Waals surface area contributed by atoms with E-state index in [0.29, 0.717) is 28.0 Å². The molecule has 3 aliphatic rings. The lowest BCUT2D eigenvalue weighted by molar-refractivity contribution is -0.177. The number of anilines is 2. The Bertz CT molecular complexity index is 2760. The number of hydrogen-bond donors (Lipinski definition) is 3. The molecule has 0 saturated carbocycles. The van der Waals surface area contributed by atoms with Crippen molar-refractivity contribution in [2.24, 2.45) is 5.92 Å². The number of imide groups is 1. The van der Waals surface area contributed by atoms with Crippen molar-refractivity contribution in [3.8, 4) is 17.6 Å². The minimum Gasteiger partial charge on any atom is -0.491 e. The third-order valence-corrected chi connectivity index (χ3v) is 12.9. The largest absolute Gasteiger partial charge is 0.491 e. The number of cyclic esters (lactones) is 1. The van der Waals surface area contributed by atoms with E-state index in [9.17, 15) is 15.0 Å². The first-order valence-electron chi connectivity index (χ1n) is 21.1. The molecular weight excluding hydrogens is 849 g/mol. The number of nitrogens with zero attached hydrogens (tertiary/aromatic N) is 3. The van der Waals surface area contributed by atoms with Gasteiger partial charge in [-0.2, -0.15) is 0 Å². The third kappa shape index (κ3) is 7.79. The molecule has 2 fully saturated rings. The molecular formula is C50H44N4O10S. The highest BCUT2D eigenvalue weighted by molar-refractivity contribution is 7.22. The van der Waals surface area contributed by atoms with Crippen LogP contribution >= 0.6 is 11.3 Å². The van der Waals surface area contributed by atoms with Crippen LogP contribution in [0, 0.1) is 17.8 Å². The Balaban J connectivity index is 1.35. The van der Waals surface area contributed by atoms with Gasteiger partial charge in [0.2, 0.25) is 11.8 Å². The van der Waals surface area contributed by atoms with Crippen LogP contribution in [-0.4, -0.2) is 90.2 Å². The standard InChI is InChI=1S/C50H44N4O10S/c1-61-28-29-63-49(60)53-38-24-19-31(12-10-11-25-55)30-36(38)50(47(53)59)40(45(57)52-48-51-37-17-8-9-18-39(37)65-48)42-46(58)64-43(33-15-6-3-7-16-33)41(32-13-4-2-5-14-32)54(42)44(50)34-20-22-35(23-21-34)62-27-26-56/h2-9,13-24,30,40-44,55-56H,11,25-29H2,1H3,(H,51,52,57)/t40-,41-,42-,43+,44+,50-/m0/s1. The summed E-state index contributed by atoms with van der Waals surface area (Å²) in [6.07, 6.45) is -1.77. The Labute approximate surface area is 378 Å². The number of thiazole rings is 1. The summed E-state index contributed by atoms with van der Waals surface area (Å²) in [6.45, 7) is -0.504. The smallest absolute Gasteiger partial charge is 0.421 e. The molecule has 6 atom stereocenters. The Morgan fingerprint density at radius 3 is 2.26 bits per heavy atom. The average molecular weight is 893 g/mol. The van der Waals surface area contributed by atoms with E-state index >= 15 is 14.4 Å². The molecule has 15 heteroatoms. The highest BCUT2D eigenvalue weighted by atomic mass is 32.1. The lowest BCUT2D eigenvalue weighted by Crippen LogP contribution is -2.54. The van der Waals surface area contributed by atoms with Gasteiger partial charge in [0, 0.05) is 19.1 Å². The number of esters is 1. The van der Waals surface area contributed by atoms with Crippen molar-refractivity contribution in [1.82, 2.24) is 9.88 Å². The number of aromatic nitrogens is 1. The summed E-state index contributed by atoms with van der Waals surface area (Å²) in [4.78, 5) is 69.3. The number of fused-ring (bicyclic) bond motifs is 4. The van der Waals surface area contributed by atoms with Crippen LogP contribution < -0.4 is 15.0 Å². The van der Waals surface area contributed by atoms with E-state index in [0.717, 1.165) is 15.2 Å². The van der Waals surface area contributed by atoms with Gasteiger partial charge in [-0.3, -0.25) is 19.3 Å². The van der Waals surface area contributed by atoms with Crippen molar-refractivity contribution < 1.29 is 48.3 Å². The summed E-state index contributed by atoms with van der Waals surface area (Å²) in [6, 6.07) is 34.6. The van der Waals surface area contributed by atoms with Crippen molar-refractivity contribution in [3.05, 3.63) is 155 Å². The van der Waals surface area contributed by atoms with E-state index in [1.54, 1.807) is 42.5 Å². The maximum Gasteiger partial charge on any atom is 0.421 e. The second kappa shape index (κ2) is 18.7. The number of hydrogen-bond acceptors (Lipinski definition) is 13. The number of carbonyl (C=O) groups excluding carboxylic acids is 4. The summed E-state index contributed by atoms with van der Waals surface area (Å²) in [5.41, 5.74) is 1.32. The number of rotatable bonds is 12. The minimum absolute atomic E-state index is 0.0295. The molecule has 1 aromatic heterocycles. The molecule has 65 heavy (non-hydrogen) atoms. The number of para-hydroxylation sites is 1. The van der Waals surface area contributed by atoms with Crippen molar-refractivity contribution >= 4 is 56.2 Å². The van der Waals surface area contributed by atoms with E-state index in [1.807, 2.05) is 89.8 Å². The normalized spacial score (nSPS) is 22.2. The van der Waals surface area contributed by atoms with Gasteiger partial charge < -0.3 is 34.5 Å². The fourth-order valence-corrected chi connectivity index (χ4v) is 10.3. The molecule has 14 nitrogen and oxygen atoms in total. The molecule has 1 spiro atoms. The first kappa shape index (κ1) is 43.3. The molecule has 3 amide bonds. The fraction of sp³-hybridized carbons (Fsp3) is 0.260. The number of aliphatic hydroxyl groups is 2. The zero-order valence-electron chi connectivity index (χ0n) is 35.2. The van der Waals surface area contributed by atoms with Gasteiger partial charge in [0.05, 0.1) is 53.7 Å². The van der Waals surface area contributed by atoms with Crippen molar-refractivity contribution in [2.75, 3.05) is 50.4 Å². The maximum absolute atomic E-state index is 16.3. The van der Waals surface area contributed by atoms with Gasteiger partial charge in [0.15, 0.2) is 5.13 Å². The summed E-state index contributed by atoms with van der Waals surface area (Å²) >= 11 is 1.24. The van der Waals surface area contributed by atoms with Crippen LogP contribution in [0.15, 0.2) is 127 Å². The van der Waals surface area contributed by atoms with E-state index < -0.39 is 59.4 Å². The van der Waals surface area contributed by atoms with Gasteiger partial charge in [0.25, 0.3) is 0 Å². The number of morpholine rings is 1. The second-order valence-electron chi connectivity index (χ2n) is 15.6. The molecule has 4 heterocycles. The quantitative estimate of drug-likeness (QED) is 0.0693. The van der Waals surface area contributed by atoms with E-state index in [-0.39, 0.29) is 55.8 Å². The first-order chi connectivity index (χ1) is 31.8. The SMILES string of the molecule is COCCOC(=O)N1C(=O)[C@@]2(c3cc(C#CCCO)ccc31)[C@H](C(=O)Nc1nc3ccccc3s1)[C@H]1C(=O)O[C@H](c3ccccc3)[C@H](c3ccccc3)N1[C@@H]2c1ccc(OCCO)cc1. The Morgan fingerprint density at radius 1 is 0.831 bits per heavy atom. The molecule has 2 saturated heterocycles. The molecule has 0 unspecified atom stereocenters. The topological polar surface area (TPSA) is 177 Å². The highest BCUT2D eigenvalue weighted by Gasteiger charge is 2.76. The second-order valence-corrected chi connectivity index (χ2v) is 16.7. The number of benzene rings is 5. The number of nitrogens with one attached hydrogen (secondary N) is 1. The Kier molecular flexibility index (Phi) is 12.4. The maximum atomic E-state index is 16.3. The predicted molar refractivity (Wildman–Crippen MR) is 241 cm³/mol. The Morgan fingerprint density at radius 2 is 1.55 bits per heavy atom. The number of amides is 3. The lowest BCUT2D eigenvalue weighted by Gasteiger charge is -2.46. The molecule has 0 radical (unpaired) electrons. The van der Waals surface area contributed by atoms with Crippen LogP contribution in [-0.2, 0) is 34.0 Å². The van der Waals surface area contributed by atoms with Gasteiger partial charge in [-0.05, 0) is 64.7 Å². The number of carbonyl (C=O) groups is 4. The van der Waals surface area contributed by atoms with Crippen molar-refractivity contribution in [3.63, 3.8) is 0 Å². The molecule has 0 aliphatic carbocycles. The summed E-state index contributed by atoms with van der Waals surface area (Å²) in [5, 5.41) is 22.4. The molecule has 0 bridgehead atoms. The third-order valence-electron chi connectivity index (χ3n) is 12.0. The van der Waals surface area contributed by atoms with Gasteiger partial charge >= 0.3 is 12.1 Å². The van der Waals surface area contributed by atoms with Crippen LogP contribution in [0.5, 0.6) is 5.75 Å². The van der Waals surface area contributed by atoms with Crippen LogP contribution in [0.4, 0.5) is 15.6 Å². The van der Waals surface area contributed by atoms with E-state index in [1.165, 1.54) is 18.4 Å². The zero-order valence-corrected chi connectivity index (χ0v) is 36.0. The minimum atomic E-state index is -2.07. The number of aliphatic hydroxyl groups excluding tert-OH is 2. The van der Waals surface area contributed by atoms with E-state index in [4.69, 9.17) is 23.9 Å². The van der Waals surface area contributed by atoms with Gasteiger partial charge in [-0.25, -0.2) is 14.7 Å². The Hall–Kier alpha value is -6.93. The van der Waals surface area contributed by atoms with Crippen LogP contribution in [0.3, 0.4) is 0 Å². The summed E-state index contributed by atoms with van der Waals surface area (Å²) in [5.74, 6) is 2.60. The van der Waals surface area contributed by atoms with Crippen LogP contribution in [0.1, 0.15) is 52.4 Å². The molecule has 330 valence electrons. The number of methoxy groups -OCH3 is 1.